The van der Waals surface area contributed by atoms with Gasteiger partial charge in [0, 0.05) is 37.0 Å². The Morgan fingerprint density at radius 1 is 1.22 bits per heavy atom. The molecule has 0 aromatic carbocycles. The Morgan fingerprint density at radius 2 is 1.93 bits per heavy atom. The average Bonchev–Trinajstić information content (AvgIpc) is 3.13. The summed E-state index contributed by atoms with van der Waals surface area (Å²) in [5.41, 5.74) is 0.368. The van der Waals surface area contributed by atoms with Gasteiger partial charge in [-0.1, -0.05) is 20.8 Å². The molecule has 1 saturated heterocycles. The lowest BCUT2D eigenvalue weighted by Crippen LogP contribution is -2.44. The van der Waals surface area contributed by atoms with Crippen LogP contribution < -0.4 is 5.32 Å². The van der Waals surface area contributed by atoms with E-state index >= 15 is 0 Å². The first-order valence-electron chi connectivity index (χ1n) is 9.75. The second-order valence-electron chi connectivity index (χ2n) is 9.30. The summed E-state index contributed by atoms with van der Waals surface area (Å²) in [6.45, 7) is 7.07. The maximum Gasteiger partial charge on any atom is 0.410 e. The average molecular weight is 384 g/mol. The van der Waals surface area contributed by atoms with Crippen molar-refractivity contribution in [3.8, 4) is 0 Å². The standard InChI is InChI=1S/C19H27F3N4O/c1-18(2,3)14-9-15(19(20,21)22)26-16(23-14)8-13(24-26)12-6-7-25(10-12)17(27)11-4-5-11/h8,11-12,14-15,23H,4-7,9-10H2,1-3H3/t12?,14-,15+/m0/s1. The molecule has 2 aliphatic heterocycles. The van der Waals surface area contributed by atoms with Gasteiger partial charge in [-0.15, -0.1) is 0 Å². The molecule has 8 heteroatoms. The second-order valence-corrected chi connectivity index (χ2v) is 9.30. The summed E-state index contributed by atoms with van der Waals surface area (Å²) in [5, 5.41) is 7.61. The minimum atomic E-state index is -4.34. The predicted octanol–water partition coefficient (Wildman–Crippen LogP) is 3.94. The Morgan fingerprint density at radius 3 is 2.52 bits per heavy atom. The summed E-state index contributed by atoms with van der Waals surface area (Å²) in [4.78, 5) is 14.1. The number of carbonyl (C=O) groups excluding carboxylic acids is 1. The third kappa shape index (κ3) is 3.55. The van der Waals surface area contributed by atoms with E-state index in [0.29, 0.717) is 24.6 Å². The van der Waals surface area contributed by atoms with Crippen LogP contribution in [0.15, 0.2) is 6.07 Å². The van der Waals surface area contributed by atoms with Gasteiger partial charge in [-0.2, -0.15) is 18.3 Å². The minimum absolute atomic E-state index is 0.00886. The molecule has 0 bridgehead atoms. The van der Waals surface area contributed by atoms with Crippen LogP contribution in [-0.2, 0) is 4.79 Å². The summed E-state index contributed by atoms with van der Waals surface area (Å²) in [7, 11) is 0. The van der Waals surface area contributed by atoms with Crippen LogP contribution in [0.3, 0.4) is 0 Å². The van der Waals surface area contributed by atoms with Gasteiger partial charge in [0.2, 0.25) is 5.91 Å². The van der Waals surface area contributed by atoms with Crippen molar-refractivity contribution in [3.05, 3.63) is 11.8 Å². The molecule has 1 saturated carbocycles. The Bertz CT molecular complexity index is 732. The summed E-state index contributed by atoms with van der Waals surface area (Å²) in [6.07, 6.45) is -1.69. The van der Waals surface area contributed by atoms with Crippen LogP contribution >= 0.6 is 0 Å². The molecule has 1 N–H and O–H groups in total. The van der Waals surface area contributed by atoms with Gasteiger partial charge in [-0.25, -0.2) is 4.68 Å². The number of rotatable bonds is 2. The molecule has 3 aliphatic rings. The fourth-order valence-electron chi connectivity index (χ4n) is 4.15. The third-order valence-corrected chi connectivity index (χ3v) is 6.10. The van der Waals surface area contributed by atoms with Crippen molar-refractivity contribution in [2.45, 2.75) is 70.6 Å². The number of likely N-dealkylation sites (tertiary alicyclic amines) is 1. The number of hydrogen-bond acceptors (Lipinski definition) is 3. The lowest BCUT2D eigenvalue weighted by molar-refractivity contribution is -0.175. The number of fused-ring (bicyclic) bond motifs is 1. The Labute approximate surface area is 157 Å². The molecule has 150 valence electrons. The molecular weight excluding hydrogens is 357 g/mol. The Balaban J connectivity index is 1.57. The van der Waals surface area contributed by atoms with Crippen molar-refractivity contribution in [1.29, 1.82) is 0 Å². The maximum absolute atomic E-state index is 13.7. The lowest BCUT2D eigenvalue weighted by Gasteiger charge is -2.39. The van der Waals surface area contributed by atoms with Gasteiger partial charge in [0.1, 0.15) is 5.82 Å². The SMILES string of the molecule is CC(C)(C)[C@@H]1C[C@H](C(F)(F)F)n2nc(C3CCN(C(=O)C4CC4)C3)cc2N1. The molecule has 1 aromatic rings. The summed E-state index contributed by atoms with van der Waals surface area (Å²) in [5.74, 6) is 0.809. The number of hydrogen-bond donors (Lipinski definition) is 1. The minimum Gasteiger partial charge on any atom is -0.367 e. The van der Waals surface area contributed by atoms with E-state index in [2.05, 4.69) is 10.4 Å². The molecule has 1 amide bonds. The van der Waals surface area contributed by atoms with Crippen LogP contribution in [0.5, 0.6) is 0 Å². The molecule has 2 fully saturated rings. The fraction of sp³-hybridized carbons (Fsp3) is 0.789. The molecule has 1 aromatic heterocycles. The zero-order valence-electron chi connectivity index (χ0n) is 16.0. The largest absolute Gasteiger partial charge is 0.410 e. The van der Waals surface area contributed by atoms with Gasteiger partial charge in [0.25, 0.3) is 0 Å². The molecule has 0 radical (unpaired) electrons. The number of carbonyl (C=O) groups is 1. The van der Waals surface area contributed by atoms with Crippen LogP contribution in [0, 0.1) is 11.3 Å². The van der Waals surface area contributed by atoms with Crippen molar-refractivity contribution in [1.82, 2.24) is 14.7 Å². The van der Waals surface area contributed by atoms with E-state index in [1.165, 1.54) is 0 Å². The third-order valence-electron chi connectivity index (χ3n) is 6.10. The van der Waals surface area contributed by atoms with Crippen LogP contribution in [0.4, 0.5) is 19.0 Å². The topological polar surface area (TPSA) is 50.2 Å². The van der Waals surface area contributed by atoms with E-state index in [1.54, 1.807) is 6.07 Å². The quantitative estimate of drug-likeness (QED) is 0.840. The summed E-state index contributed by atoms with van der Waals surface area (Å²) < 4.78 is 42.2. The second kappa shape index (κ2) is 6.14. The van der Waals surface area contributed by atoms with Gasteiger partial charge in [0.05, 0.1) is 5.69 Å². The molecule has 5 nitrogen and oxygen atoms in total. The van der Waals surface area contributed by atoms with Crippen LogP contribution in [0.1, 0.15) is 64.1 Å². The number of nitrogens with one attached hydrogen (secondary N) is 1. The Hall–Kier alpha value is -1.73. The molecule has 3 heterocycles. The van der Waals surface area contributed by atoms with Gasteiger partial charge >= 0.3 is 6.18 Å². The maximum atomic E-state index is 13.7. The van der Waals surface area contributed by atoms with Gasteiger partial charge in [-0.05, 0) is 31.1 Å². The number of anilines is 1. The van der Waals surface area contributed by atoms with Crippen LogP contribution in [0.2, 0.25) is 0 Å². The van der Waals surface area contributed by atoms with Crippen molar-refractivity contribution in [3.63, 3.8) is 0 Å². The molecule has 4 rings (SSSR count). The number of amides is 1. The van der Waals surface area contributed by atoms with Crippen molar-refractivity contribution < 1.29 is 18.0 Å². The molecule has 1 aliphatic carbocycles. The number of nitrogens with zero attached hydrogens (tertiary/aromatic N) is 3. The zero-order chi connectivity index (χ0) is 19.6. The fourth-order valence-corrected chi connectivity index (χ4v) is 4.15. The normalized spacial score (nSPS) is 28.8. The van der Waals surface area contributed by atoms with Crippen LogP contribution in [0.25, 0.3) is 0 Å². The van der Waals surface area contributed by atoms with E-state index < -0.39 is 12.2 Å². The molecule has 3 atom stereocenters. The molecule has 27 heavy (non-hydrogen) atoms. The molecular formula is C19H27F3N4O. The smallest absolute Gasteiger partial charge is 0.367 e. The van der Waals surface area contributed by atoms with E-state index in [-0.39, 0.29) is 35.6 Å². The predicted molar refractivity (Wildman–Crippen MR) is 95.5 cm³/mol. The lowest BCUT2D eigenvalue weighted by atomic mass is 9.82. The van der Waals surface area contributed by atoms with Crippen molar-refractivity contribution in [2.75, 3.05) is 18.4 Å². The van der Waals surface area contributed by atoms with E-state index in [0.717, 1.165) is 23.9 Å². The first-order chi connectivity index (χ1) is 12.5. The van der Waals surface area contributed by atoms with Crippen molar-refractivity contribution >= 4 is 11.7 Å². The first kappa shape index (κ1) is 18.6. The molecule has 1 unspecified atom stereocenters. The molecule has 0 spiro atoms. The summed E-state index contributed by atoms with van der Waals surface area (Å²) in [6, 6.07) is -0.137. The van der Waals surface area contributed by atoms with Crippen LogP contribution in [-0.4, -0.2) is 45.9 Å². The number of halogens is 3. The highest BCUT2D eigenvalue weighted by Crippen LogP contribution is 2.44. The van der Waals surface area contributed by atoms with E-state index in [4.69, 9.17) is 0 Å². The van der Waals surface area contributed by atoms with Gasteiger partial charge in [-0.3, -0.25) is 4.79 Å². The van der Waals surface area contributed by atoms with Gasteiger partial charge < -0.3 is 10.2 Å². The zero-order valence-corrected chi connectivity index (χ0v) is 16.0. The number of alkyl halides is 3. The van der Waals surface area contributed by atoms with E-state index in [9.17, 15) is 18.0 Å². The highest BCUT2D eigenvalue weighted by Gasteiger charge is 2.48. The monoisotopic (exact) mass is 384 g/mol. The Kier molecular flexibility index (Phi) is 4.23. The number of aromatic nitrogens is 2. The van der Waals surface area contributed by atoms with E-state index in [1.807, 2.05) is 25.7 Å². The summed E-state index contributed by atoms with van der Waals surface area (Å²) >= 11 is 0. The first-order valence-corrected chi connectivity index (χ1v) is 9.75. The highest BCUT2D eigenvalue weighted by atomic mass is 19.4. The highest BCUT2D eigenvalue weighted by molar-refractivity contribution is 5.81. The van der Waals surface area contributed by atoms with Crippen molar-refractivity contribution in [2.24, 2.45) is 11.3 Å². The van der Waals surface area contributed by atoms with Gasteiger partial charge in [0.15, 0.2) is 6.04 Å².